The fraction of sp³-hybridized carbons (Fsp3) is 0.536. The maximum atomic E-state index is 13.8. The monoisotopic (exact) mass is 499 g/mol. The molecule has 0 spiro atoms. The molecule has 0 amide bonds. The minimum Gasteiger partial charge on any atom is -0.494 e. The molecular weight excluding hydrogens is 462 g/mol. The van der Waals surface area contributed by atoms with Crippen LogP contribution in [0.25, 0.3) is 0 Å². The number of methoxy groups -OCH3 is 1. The van der Waals surface area contributed by atoms with E-state index in [1.165, 1.54) is 7.11 Å². The van der Waals surface area contributed by atoms with E-state index in [4.69, 9.17) is 18.9 Å². The summed E-state index contributed by atoms with van der Waals surface area (Å²) in [6.45, 7) is 9.29. The third-order valence-electron chi connectivity index (χ3n) is 6.46. The van der Waals surface area contributed by atoms with Crippen molar-refractivity contribution < 1.29 is 33.3 Å². The molecule has 0 unspecified atom stereocenters. The SMILES string of the molecule is CCCOCCOC(=O)C1=C(C)NC2=C(C(=O)[C@@H](C(=O)OC)[C@@H](C)C2)[C@@H]1c1ccc(OCCC)cc1. The van der Waals surface area contributed by atoms with Crippen molar-refractivity contribution in [1.29, 1.82) is 0 Å². The van der Waals surface area contributed by atoms with E-state index in [9.17, 15) is 14.4 Å². The lowest BCUT2D eigenvalue weighted by atomic mass is 9.69. The second kappa shape index (κ2) is 12.7. The molecule has 196 valence electrons. The Morgan fingerprint density at radius 2 is 1.72 bits per heavy atom. The zero-order valence-electron chi connectivity index (χ0n) is 21.8. The van der Waals surface area contributed by atoms with Gasteiger partial charge in [-0.3, -0.25) is 9.59 Å². The fourth-order valence-electron chi connectivity index (χ4n) is 4.78. The minimum atomic E-state index is -0.927. The molecule has 1 aromatic carbocycles. The number of nitrogens with one attached hydrogen (secondary N) is 1. The van der Waals surface area contributed by atoms with Gasteiger partial charge in [-0.05, 0) is 49.8 Å². The quantitative estimate of drug-likeness (QED) is 0.276. The standard InChI is InChI=1S/C28H37NO7/c1-6-12-34-14-15-36-28(32)23-18(4)29-21-16-17(3)22(27(31)33-5)26(30)25(21)24(23)19-8-10-20(11-9-19)35-13-7-2/h8-11,17,22,24,29H,6-7,12-16H2,1-5H3/t17-,22-,24+/m0/s1. The van der Waals surface area contributed by atoms with Crippen molar-refractivity contribution in [3.05, 3.63) is 52.4 Å². The van der Waals surface area contributed by atoms with E-state index in [0.29, 0.717) is 48.8 Å². The summed E-state index contributed by atoms with van der Waals surface area (Å²) < 4.78 is 21.6. The Morgan fingerprint density at radius 3 is 2.36 bits per heavy atom. The number of ketones is 1. The molecule has 3 atom stereocenters. The molecule has 36 heavy (non-hydrogen) atoms. The highest BCUT2D eigenvalue weighted by molar-refractivity contribution is 6.12. The second-order valence-electron chi connectivity index (χ2n) is 9.20. The summed E-state index contributed by atoms with van der Waals surface area (Å²) in [5.74, 6) is -2.56. The van der Waals surface area contributed by atoms with Crippen LogP contribution < -0.4 is 10.1 Å². The molecule has 8 nitrogen and oxygen atoms in total. The van der Waals surface area contributed by atoms with Crippen molar-refractivity contribution in [2.75, 3.05) is 33.5 Å². The number of hydrogen-bond donors (Lipinski definition) is 1. The molecule has 2 aliphatic rings. The third-order valence-corrected chi connectivity index (χ3v) is 6.46. The Bertz CT molecular complexity index is 1020. The van der Waals surface area contributed by atoms with Crippen LogP contribution in [0.4, 0.5) is 0 Å². The molecule has 1 N–H and O–H groups in total. The first-order valence-electron chi connectivity index (χ1n) is 12.6. The van der Waals surface area contributed by atoms with Gasteiger partial charge in [-0.2, -0.15) is 0 Å². The van der Waals surface area contributed by atoms with Crippen LogP contribution >= 0.6 is 0 Å². The van der Waals surface area contributed by atoms with Gasteiger partial charge < -0.3 is 24.3 Å². The predicted molar refractivity (Wildman–Crippen MR) is 134 cm³/mol. The third kappa shape index (κ3) is 5.98. The lowest BCUT2D eigenvalue weighted by Crippen LogP contribution is -2.43. The Kier molecular flexibility index (Phi) is 9.70. The van der Waals surface area contributed by atoms with E-state index in [0.717, 1.165) is 24.1 Å². The molecule has 0 saturated heterocycles. The van der Waals surface area contributed by atoms with Gasteiger partial charge in [0.2, 0.25) is 0 Å². The van der Waals surface area contributed by atoms with Crippen LogP contribution in [0.2, 0.25) is 0 Å². The van der Waals surface area contributed by atoms with Gasteiger partial charge in [0, 0.05) is 29.5 Å². The van der Waals surface area contributed by atoms with Gasteiger partial charge in [0.05, 0.1) is 25.9 Å². The van der Waals surface area contributed by atoms with Gasteiger partial charge in [-0.1, -0.05) is 32.9 Å². The molecule has 8 heteroatoms. The van der Waals surface area contributed by atoms with Crippen LogP contribution in [-0.2, 0) is 28.6 Å². The molecule has 1 aromatic rings. The molecule has 0 aromatic heterocycles. The lowest BCUT2D eigenvalue weighted by Gasteiger charge is -2.38. The van der Waals surface area contributed by atoms with Crippen molar-refractivity contribution in [3.63, 3.8) is 0 Å². The number of ether oxygens (including phenoxy) is 4. The molecule has 0 radical (unpaired) electrons. The van der Waals surface area contributed by atoms with E-state index in [-0.39, 0.29) is 18.3 Å². The highest BCUT2D eigenvalue weighted by atomic mass is 16.6. The van der Waals surface area contributed by atoms with E-state index in [1.54, 1.807) is 6.92 Å². The number of esters is 2. The van der Waals surface area contributed by atoms with Crippen LogP contribution in [-0.4, -0.2) is 51.3 Å². The maximum Gasteiger partial charge on any atom is 0.336 e. The lowest BCUT2D eigenvalue weighted by molar-refractivity contribution is -0.151. The minimum absolute atomic E-state index is 0.105. The van der Waals surface area contributed by atoms with Gasteiger partial charge in [0.15, 0.2) is 5.78 Å². The number of benzene rings is 1. The van der Waals surface area contributed by atoms with E-state index >= 15 is 0 Å². The molecule has 1 heterocycles. The van der Waals surface area contributed by atoms with Crippen molar-refractivity contribution in [1.82, 2.24) is 5.32 Å². The van der Waals surface area contributed by atoms with Crippen LogP contribution in [0.1, 0.15) is 58.4 Å². The Balaban J connectivity index is 2.00. The molecule has 1 aliphatic heterocycles. The first kappa shape index (κ1) is 27.5. The number of dihydropyridines is 1. The summed E-state index contributed by atoms with van der Waals surface area (Å²) in [7, 11) is 1.28. The van der Waals surface area contributed by atoms with Gasteiger partial charge in [0.25, 0.3) is 0 Å². The number of carbonyl (C=O) groups excluding carboxylic acids is 3. The number of carbonyl (C=O) groups is 3. The molecule has 0 bridgehead atoms. The first-order valence-corrected chi connectivity index (χ1v) is 12.6. The topological polar surface area (TPSA) is 100 Å². The molecule has 1 aliphatic carbocycles. The molecular formula is C28H37NO7. The zero-order chi connectivity index (χ0) is 26.2. The maximum absolute atomic E-state index is 13.8. The largest absolute Gasteiger partial charge is 0.494 e. The average molecular weight is 500 g/mol. The van der Waals surface area contributed by atoms with E-state index in [1.807, 2.05) is 45.0 Å². The fourth-order valence-corrected chi connectivity index (χ4v) is 4.78. The van der Waals surface area contributed by atoms with Gasteiger partial charge in [0.1, 0.15) is 18.3 Å². The normalized spacial score (nSPS) is 21.6. The summed E-state index contributed by atoms with van der Waals surface area (Å²) in [5.41, 5.74) is 2.85. The highest BCUT2D eigenvalue weighted by Crippen LogP contribution is 2.45. The number of rotatable bonds is 11. The first-order chi connectivity index (χ1) is 17.3. The molecule has 0 saturated carbocycles. The van der Waals surface area contributed by atoms with E-state index in [2.05, 4.69) is 5.32 Å². The molecule has 0 fully saturated rings. The Labute approximate surface area is 213 Å². The average Bonchev–Trinajstić information content (AvgIpc) is 2.86. The van der Waals surface area contributed by atoms with Crippen LogP contribution in [0.5, 0.6) is 5.75 Å². The van der Waals surface area contributed by atoms with Crippen LogP contribution in [0.15, 0.2) is 46.8 Å². The smallest absolute Gasteiger partial charge is 0.336 e. The summed E-state index contributed by atoms with van der Waals surface area (Å²) in [6, 6.07) is 7.37. The van der Waals surface area contributed by atoms with Crippen molar-refractivity contribution in [3.8, 4) is 5.75 Å². The zero-order valence-corrected chi connectivity index (χ0v) is 21.8. The predicted octanol–water partition coefficient (Wildman–Crippen LogP) is 4.06. The van der Waals surface area contributed by atoms with Gasteiger partial charge in [-0.25, -0.2) is 4.79 Å². The van der Waals surface area contributed by atoms with Gasteiger partial charge in [-0.15, -0.1) is 0 Å². The Hall–Kier alpha value is -3.13. The summed E-state index contributed by atoms with van der Waals surface area (Å²) in [4.78, 5) is 39.6. The van der Waals surface area contributed by atoms with Gasteiger partial charge >= 0.3 is 11.9 Å². The summed E-state index contributed by atoms with van der Waals surface area (Å²) >= 11 is 0. The van der Waals surface area contributed by atoms with Crippen molar-refractivity contribution in [2.24, 2.45) is 11.8 Å². The number of allylic oxidation sites excluding steroid dienone is 3. The number of hydrogen-bond acceptors (Lipinski definition) is 8. The van der Waals surface area contributed by atoms with Crippen LogP contribution in [0, 0.1) is 11.8 Å². The van der Waals surface area contributed by atoms with Crippen molar-refractivity contribution in [2.45, 2.75) is 52.9 Å². The number of Topliss-reactive ketones (excluding diaryl/α,β-unsaturated/α-hetero) is 1. The second-order valence-corrected chi connectivity index (χ2v) is 9.20. The molecule has 3 rings (SSSR count). The van der Waals surface area contributed by atoms with E-state index < -0.39 is 23.8 Å². The van der Waals surface area contributed by atoms with Crippen molar-refractivity contribution >= 4 is 17.7 Å². The van der Waals surface area contributed by atoms with Crippen LogP contribution in [0.3, 0.4) is 0 Å². The highest BCUT2D eigenvalue weighted by Gasteiger charge is 2.47. The summed E-state index contributed by atoms with van der Waals surface area (Å²) in [5, 5.41) is 3.27. The summed E-state index contributed by atoms with van der Waals surface area (Å²) in [6.07, 6.45) is 2.24. The Morgan fingerprint density at radius 1 is 1.03 bits per heavy atom.